The van der Waals surface area contributed by atoms with Crippen LogP contribution in [0, 0.1) is 10.1 Å². The van der Waals surface area contributed by atoms with E-state index in [4.69, 9.17) is 0 Å². The maximum Gasteiger partial charge on any atom is 0.405 e. The molecule has 0 atom stereocenters. The summed E-state index contributed by atoms with van der Waals surface area (Å²) in [6.45, 7) is -2.43. The predicted octanol–water partition coefficient (Wildman–Crippen LogP) is 1.36. The molecule has 0 spiro atoms. The molecule has 1 aromatic rings. The minimum Gasteiger partial charge on any atom is -0.455 e. The third-order valence-corrected chi connectivity index (χ3v) is 2.37. The Balaban J connectivity index is 2.47. The van der Waals surface area contributed by atoms with Gasteiger partial charge in [0.15, 0.2) is 6.61 Å². The SMILES string of the molecule is O=C(COC(=O)Cc1ccccc1[N+](=O)[O-])NCC(F)(F)F. The Labute approximate surface area is 122 Å². The van der Waals surface area contributed by atoms with Gasteiger partial charge in [0.05, 0.1) is 11.3 Å². The number of esters is 1. The smallest absolute Gasteiger partial charge is 0.405 e. The van der Waals surface area contributed by atoms with Crippen LogP contribution in [-0.4, -0.2) is 36.1 Å². The molecule has 10 heteroatoms. The van der Waals surface area contributed by atoms with Crippen molar-refractivity contribution in [3.8, 4) is 0 Å². The first-order chi connectivity index (χ1) is 10.2. The third-order valence-electron chi connectivity index (χ3n) is 2.37. The number of hydrogen-bond donors (Lipinski definition) is 1. The van der Waals surface area contributed by atoms with E-state index in [-0.39, 0.29) is 11.3 Å². The number of halogens is 3. The summed E-state index contributed by atoms with van der Waals surface area (Å²) in [6, 6.07) is 5.42. The summed E-state index contributed by atoms with van der Waals surface area (Å²) >= 11 is 0. The van der Waals surface area contributed by atoms with Crippen LogP contribution < -0.4 is 5.32 Å². The lowest BCUT2D eigenvalue weighted by molar-refractivity contribution is -0.385. The molecule has 0 aliphatic heterocycles. The van der Waals surface area contributed by atoms with E-state index in [1.807, 2.05) is 0 Å². The second kappa shape index (κ2) is 7.38. The molecule has 7 nitrogen and oxygen atoms in total. The monoisotopic (exact) mass is 320 g/mol. The first-order valence-electron chi connectivity index (χ1n) is 5.90. The van der Waals surface area contributed by atoms with Crippen molar-refractivity contribution in [1.29, 1.82) is 0 Å². The molecule has 0 radical (unpaired) electrons. The van der Waals surface area contributed by atoms with E-state index in [9.17, 15) is 32.9 Å². The lowest BCUT2D eigenvalue weighted by atomic mass is 10.1. The largest absolute Gasteiger partial charge is 0.455 e. The van der Waals surface area contributed by atoms with Gasteiger partial charge in [-0.3, -0.25) is 19.7 Å². The summed E-state index contributed by atoms with van der Waals surface area (Å²) in [7, 11) is 0. The number of carbonyl (C=O) groups excluding carboxylic acids is 2. The summed E-state index contributed by atoms with van der Waals surface area (Å²) in [4.78, 5) is 32.5. The number of rotatable bonds is 6. The number of benzene rings is 1. The molecule has 0 aromatic heterocycles. The molecule has 1 amide bonds. The predicted molar refractivity (Wildman–Crippen MR) is 66.8 cm³/mol. The summed E-state index contributed by atoms with van der Waals surface area (Å²) in [5, 5.41) is 12.3. The molecule has 0 aliphatic rings. The Morgan fingerprint density at radius 2 is 1.91 bits per heavy atom. The highest BCUT2D eigenvalue weighted by molar-refractivity contribution is 5.81. The molecule has 120 valence electrons. The van der Waals surface area contributed by atoms with Gasteiger partial charge >= 0.3 is 12.1 Å². The molecule has 1 rings (SSSR count). The van der Waals surface area contributed by atoms with E-state index in [1.165, 1.54) is 29.6 Å². The fourth-order valence-electron chi connectivity index (χ4n) is 1.44. The number of nitro groups is 1. The van der Waals surface area contributed by atoms with Crippen LogP contribution in [0.15, 0.2) is 24.3 Å². The van der Waals surface area contributed by atoms with E-state index in [1.54, 1.807) is 0 Å². The van der Waals surface area contributed by atoms with E-state index in [0.717, 1.165) is 0 Å². The van der Waals surface area contributed by atoms with Crippen molar-refractivity contribution >= 4 is 17.6 Å². The van der Waals surface area contributed by atoms with Crippen LogP contribution in [-0.2, 0) is 20.7 Å². The topological polar surface area (TPSA) is 98.5 Å². The van der Waals surface area contributed by atoms with Crippen LogP contribution >= 0.6 is 0 Å². The molecule has 0 unspecified atom stereocenters. The van der Waals surface area contributed by atoms with Crippen LogP contribution in [0.25, 0.3) is 0 Å². The molecule has 0 saturated carbocycles. The molecule has 0 heterocycles. The van der Waals surface area contributed by atoms with Crippen molar-refractivity contribution in [2.45, 2.75) is 12.6 Å². The standard InChI is InChI=1S/C12H11F3N2O5/c13-12(14,15)7-16-10(18)6-22-11(19)5-8-3-1-2-4-9(8)17(20)21/h1-4H,5-7H2,(H,16,18). The molecule has 0 bridgehead atoms. The fourth-order valence-corrected chi connectivity index (χ4v) is 1.44. The number of nitrogens with zero attached hydrogens (tertiary/aromatic N) is 1. The zero-order chi connectivity index (χ0) is 16.8. The van der Waals surface area contributed by atoms with Gasteiger partial charge in [-0.25, -0.2) is 0 Å². The fraction of sp³-hybridized carbons (Fsp3) is 0.333. The Hall–Kier alpha value is -2.65. The second-order valence-corrected chi connectivity index (χ2v) is 4.12. The average molecular weight is 320 g/mol. The zero-order valence-corrected chi connectivity index (χ0v) is 11.1. The second-order valence-electron chi connectivity index (χ2n) is 4.12. The normalized spacial score (nSPS) is 10.9. The molecule has 0 aliphatic carbocycles. The summed E-state index contributed by atoms with van der Waals surface area (Å²) < 4.78 is 40.0. The van der Waals surface area contributed by atoms with Crippen molar-refractivity contribution in [3.63, 3.8) is 0 Å². The number of amides is 1. The average Bonchev–Trinajstić information content (AvgIpc) is 2.42. The number of nitrogens with one attached hydrogen (secondary N) is 1. The van der Waals surface area contributed by atoms with Crippen molar-refractivity contribution in [3.05, 3.63) is 39.9 Å². The molecular formula is C12H11F3N2O5. The van der Waals surface area contributed by atoms with Crippen LogP contribution in [0.5, 0.6) is 0 Å². The van der Waals surface area contributed by atoms with Gasteiger partial charge in [0, 0.05) is 11.6 Å². The summed E-state index contributed by atoms with van der Waals surface area (Å²) in [6.07, 6.45) is -5.03. The number of nitro benzene ring substituents is 1. The quantitative estimate of drug-likeness (QED) is 0.485. The van der Waals surface area contributed by atoms with Gasteiger partial charge in [-0.05, 0) is 0 Å². The van der Waals surface area contributed by atoms with E-state index < -0.39 is 42.5 Å². The van der Waals surface area contributed by atoms with E-state index in [0.29, 0.717) is 0 Å². The molecule has 22 heavy (non-hydrogen) atoms. The molecule has 0 saturated heterocycles. The highest BCUT2D eigenvalue weighted by atomic mass is 19.4. The first kappa shape index (κ1) is 17.4. The number of para-hydroxylation sites is 1. The lowest BCUT2D eigenvalue weighted by Gasteiger charge is -2.08. The van der Waals surface area contributed by atoms with Gasteiger partial charge in [0.2, 0.25) is 0 Å². The van der Waals surface area contributed by atoms with Crippen molar-refractivity contribution in [2.75, 3.05) is 13.2 Å². The zero-order valence-electron chi connectivity index (χ0n) is 11.1. The van der Waals surface area contributed by atoms with Gasteiger partial charge in [-0.15, -0.1) is 0 Å². The molecule has 1 N–H and O–H groups in total. The van der Waals surface area contributed by atoms with Crippen LogP contribution in [0.1, 0.15) is 5.56 Å². The Bertz CT molecular complexity index is 574. The highest BCUT2D eigenvalue weighted by Gasteiger charge is 2.27. The van der Waals surface area contributed by atoms with Crippen LogP contribution in [0.2, 0.25) is 0 Å². The number of alkyl halides is 3. The summed E-state index contributed by atoms with van der Waals surface area (Å²) in [5.41, 5.74) is -0.214. The van der Waals surface area contributed by atoms with E-state index in [2.05, 4.69) is 4.74 Å². The van der Waals surface area contributed by atoms with Gasteiger partial charge < -0.3 is 10.1 Å². The summed E-state index contributed by atoms with van der Waals surface area (Å²) in [5.74, 6) is -2.08. The lowest BCUT2D eigenvalue weighted by Crippen LogP contribution is -2.36. The Morgan fingerprint density at radius 1 is 1.27 bits per heavy atom. The molecule has 0 fully saturated rings. The molecular weight excluding hydrogens is 309 g/mol. The third kappa shape index (κ3) is 6.20. The van der Waals surface area contributed by atoms with E-state index >= 15 is 0 Å². The Morgan fingerprint density at radius 3 is 2.50 bits per heavy atom. The van der Waals surface area contributed by atoms with Gasteiger partial charge in [0.25, 0.3) is 11.6 Å². The van der Waals surface area contributed by atoms with Gasteiger partial charge in [-0.2, -0.15) is 13.2 Å². The minimum atomic E-state index is -4.57. The number of carbonyl (C=O) groups is 2. The maximum absolute atomic E-state index is 11.8. The van der Waals surface area contributed by atoms with Gasteiger partial charge in [0.1, 0.15) is 6.54 Å². The van der Waals surface area contributed by atoms with Crippen LogP contribution in [0.4, 0.5) is 18.9 Å². The van der Waals surface area contributed by atoms with Crippen molar-refractivity contribution in [1.82, 2.24) is 5.32 Å². The maximum atomic E-state index is 11.8. The Kier molecular flexibility index (Phi) is 5.84. The van der Waals surface area contributed by atoms with Crippen LogP contribution in [0.3, 0.4) is 0 Å². The minimum absolute atomic E-state index is 0.0770. The number of ether oxygens (including phenoxy) is 1. The first-order valence-corrected chi connectivity index (χ1v) is 5.90. The van der Waals surface area contributed by atoms with Crippen molar-refractivity contribution in [2.24, 2.45) is 0 Å². The van der Waals surface area contributed by atoms with Gasteiger partial charge in [-0.1, -0.05) is 18.2 Å². The molecule has 1 aromatic carbocycles. The highest BCUT2D eigenvalue weighted by Crippen LogP contribution is 2.18. The number of hydrogen-bond acceptors (Lipinski definition) is 5. The van der Waals surface area contributed by atoms with Crippen molar-refractivity contribution < 1.29 is 32.4 Å².